The van der Waals surface area contributed by atoms with Crippen molar-refractivity contribution in [3.8, 4) is 11.5 Å². The Morgan fingerprint density at radius 2 is 1.66 bits per heavy atom. The molecule has 0 unspecified atom stereocenters. The third kappa shape index (κ3) is 8.58. The lowest BCUT2D eigenvalue weighted by atomic mass is 10.1. The lowest BCUT2D eigenvalue weighted by Gasteiger charge is -2.22. The first-order chi connectivity index (χ1) is 18.4. The third-order valence-electron chi connectivity index (χ3n) is 6.55. The SMILES string of the molecule is CCCCN(CCCC)CCCOc1cc2c(Nc3ccc([C@@H](C)NC(C)=O)cc3)ncnc2cc1OC. The van der Waals surface area contributed by atoms with E-state index in [4.69, 9.17) is 9.47 Å². The summed E-state index contributed by atoms with van der Waals surface area (Å²) >= 11 is 0. The van der Waals surface area contributed by atoms with Crippen LogP contribution in [0.3, 0.4) is 0 Å². The number of amides is 1. The number of carbonyl (C=O) groups is 1. The molecular formula is C30H43N5O3. The van der Waals surface area contributed by atoms with E-state index in [1.807, 2.05) is 43.3 Å². The minimum atomic E-state index is -0.0565. The molecule has 2 N–H and O–H groups in total. The number of ether oxygens (including phenoxy) is 2. The van der Waals surface area contributed by atoms with Gasteiger partial charge in [0.2, 0.25) is 5.91 Å². The lowest BCUT2D eigenvalue weighted by Crippen LogP contribution is -2.28. The van der Waals surface area contributed by atoms with E-state index in [1.54, 1.807) is 13.4 Å². The summed E-state index contributed by atoms with van der Waals surface area (Å²) in [5, 5.41) is 7.16. The van der Waals surface area contributed by atoms with Crippen LogP contribution < -0.4 is 20.1 Å². The fourth-order valence-corrected chi connectivity index (χ4v) is 4.39. The van der Waals surface area contributed by atoms with Crippen LogP contribution in [0.1, 0.15) is 71.4 Å². The van der Waals surface area contributed by atoms with Crippen molar-refractivity contribution >= 4 is 28.3 Å². The van der Waals surface area contributed by atoms with Gasteiger partial charge in [-0.1, -0.05) is 38.8 Å². The van der Waals surface area contributed by atoms with Crippen molar-refractivity contribution in [1.29, 1.82) is 0 Å². The number of methoxy groups -OCH3 is 1. The molecule has 1 aromatic heterocycles. The monoisotopic (exact) mass is 521 g/mol. The molecule has 3 aromatic rings. The van der Waals surface area contributed by atoms with E-state index in [2.05, 4.69) is 39.3 Å². The van der Waals surface area contributed by atoms with E-state index in [0.717, 1.165) is 48.2 Å². The Hall–Kier alpha value is -3.39. The number of nitrogens with zero attached hydrogens (tertiary/aromatic N) is 3. The van der Waals surface area contributed by atoms with Gasteiger partial charge >= 0.3 is 0 Å². The van der Waals surface area contributed by atoms with Crippen molar-refractivity contribution in [2.24, 2.45) is 0 Å². The highest BCUT2D eigenvalue weighted by Crippen LogP contribution is 2.35. The first-order valence-corrected chi connectivity index (χ1v) is 13.8. The number of rotatable bonds is 16. The molecular weight excluding hydrogens is 478 g/mol. The second kappa shape index (κ2) is 15.1. The second-order valence-corrected chi connectivity index (χ2v) is 9.66. The number of fused-ring (bicyclic) bond motifs is 1. The third-order valence-corrected chi connectivity index (χ3v) is 6.55. The van der Waals surface area contributed by atoms with E-state index in [9.17, 15) is 4.79 Å². The van der Waals surface area contributed by atoms with Crippen molar-refractivity contribution in [2.45, 2.75) is 65.8 Å². The minimum absolute atomic E-state index is 0.0501. The number of benzene rings is 2. The van der Waals surface area contributed by atoms with Crippen molar-refractivity contribution in [1.82, 2.24) is 20.2 Å². The second-order valence-electron chi connectivity index (χ2n) is 9.66. The maximum absolute atomic E-state index is 11.4. The van der Waals surface area contributed by atoms with Crippen LogP contribution >= 0.6 is 0 Å². The molecule has 0 fully saturated rings. The molecule has 8 heteroatoms. The summed E-state index contributed by atoms with van der Waals surface area (Å²) in [6.45, 7) is 11.9. The molecule has 2 aromatic carbocycles. The van der Waals surface area contributed by atoms with E-state index in [1.165, 1.54) is 32.6 Å². The molecule has 1 atom stereocenters. The van der Waals surface area contributed by atoms with E-state index >= 15 is 0 Å². The standard InChI is InChI=1S/C30H43N5O3/c1-6-8-15-35(16-9-7-2)17-10-18-38-29-19-26-27(20-28(29)37-5)31-21-32-30(26)34-25-13-11-24(12-14-25)22(3)33-23(4)36/h11-14,19-22H,6-10,15-18H2,1-5H3,(H,33,36)(H,31,32,34)/t22-/m1/s1. The lowest BCUT2D eigenvalue weighted by molar-refractivity contribution is -0.119. The normalized spacial score (nSPS) is 11.9. The highest BCUT2D eigenvalue weighted by Gasteiger charge is 2.13. The van der Waals surface area contributed by atoms with Gasteiger partial charge in [0.1, 0.15) is 12.1 Å². The Morgan fingerprint density at radius 1 is 0.974 bits per heavy atom. The molecule has 0 saturated heterocycles. The van der Waals surface area contributed by atoms with Gasteiger partial charge in [-0.15, -0.1) is 0 Å². The van der Waals surface area contributed by atoms with Crippen LogP contribution in [-0.4, -0.2) is 54.1 Å². The topological polar surface area (TPSA) is 88.6 Å². The summed E-state index contributed by atoms with van der Waals surface area (Å²) in [7, 11) is 1.65. The summed E-state index contributed by atoms with van der Waals surface area (Å²) in [4.78, 5) is 22.8. The Labute approximate surface area is 227 Å². The predicted molar refractivity (Wildman–Crippen MR) is 154 cm³/mol. The average molecular weight is 522 g/mol. The number of aromatic nitrogens is 2. The van der Waals surface area contributed by atoms with Crippen LogP contribution in [0.25, 0.3) is 10.9 Å². The van der Waals surface area contributed by atoms with Crippen LogP contribution in [0.5, 0.6) is 11.5 Å². The van der Waals surface area contributed by atoms with Crippen LogP contribution in [-0.2, 0) is 4.79 Å². The molecule has 206 valence electrons. The van der Waals surface area contributed by atoms with Gasteiger partial charge in [-0.2, -0.15) is 0 Å². The van der Waals surface area contributed by atoms with Gasteiger partial charge in [-0.3, -0.25) is 4.79 Å². The van der Waals surface area contributed by atoms with Crippen LogP contribution in [0, 0.1) is 0 Å². The number of hydrogen-bond acceptors (Lipinski definition) is 7. The molecule has 38 heavy (non-hydrogen) atoms. The van der Waals surface area contributed by atoms with Crippen molar-refractivity contribution in [3.05, 3.63) is 48.3 Å². The van der Waals surface area contributed by atoms with E-state index in [0.29, 0.717) is 23.9 Å². The number of anilines is 2. The highest BCUT2D eigenvalue weighted by molar-refractivity contribution is 5.93. The van der Waals surface area contributed by atoms with Crippen LogP contribution in [0.2, 0.25) is 0 Å². The molecule has 0 aliphatic rings. The maximum Gasteiger partial charge on any atom is 0.217 e. The Bertz CT molecular complexity index is 1140. The fraction of sp³-hybridized carbons (Fsp3) is 0.500. The molecule has 1 heterocycles. The summed E-state index contributed by atoms with van der Waals surface area (Å²) in [5.41, 5.74) is 2.69. The minimum Gasteiger partial charge on any atom is -0.493 e. The molecule has 0 spiro atoms. The molecule has 0 saturated carbocycles. The number of carbonyl (C=O) groups excluding carboxylic acids is 1. The average Bonchev–Trinajstić information content (AvgIpc) is 2.91. The fourth-order valence-electron chi connectivity index (χ4n) is 4.39. The van der Waals surface area contributed by atoms with Crippen LogP contribution in [0.4, 0.5) is 11.5 Å². The van der Waals surface area contributed by atoms with Gasteiger partial charge in [-0.25, -0.2) is 9.97 Å². The zero-order valence-corrected chi connectivity index (χ0v) is 23.5. The summed E-state index contributed by atoms with van der Waals surface area (Å²) in [5.74, 6) is 1.99. The number of nitrogens with one attached hydrogen (secondary N) is 2. The largest absolute Gasteiger partial charge is 0.493 e. The summed E-state index contributed by atoms with van der Waals surface area (Å²) in [6.07, 6.45) is 7.39. The summed E-state index contributed by atoms with van der Waals surface area (Å²) < 4.78 is 11.8. The molecule has 0 radical (unpaired) electrons. The maximum atomic E-state index is 11.4. The first-order valence-electron chi connectivity index (χ1n) is 13.8. The Kier molecular flexibility index (Phi) is 11.6. The van der Waals surface area contributed by atoms with Gasteiger partial charge in [0.25, 0.3) is 0 Å². The highest BCUT2D eigenvalue weighted by atomic mass is 16.5. The van der Waals surface area contributed by atoms with Gasteiger partial charge < -0.3 is 25.0 Å². The van der Waals surface area contributed by atoms with Crippen LogP contribution in [0.15, 0.2) is 42.7 Å². The van der Waals surface area contributed by atoms with E-state index in [-0.39, 0.29) is 11.9 Å². The first kappa shape index (κ1) is 29.2. The number of hydrogen-bond donors (Lipinski definition) is 2. The molecule has 0 bridgehead atoms. The van der Waals surface area contributed by atoms with Gasteiger partial charge in [-0.05, 0) is 63.0 Å². The molecule has 0 aliphatic heterocycles. The smallest absolute Gasteiger partial charge is 0.217 e. The van der Waals surface area contributed by atoms with Gasteiger partial charge in [0.15, 0.2) is 11.5 Å². The molecule has 8 nitrogen and oxygen atoms in total. The van der Waals surface area contributed by atoms with Crippen molar-refractivity contribution in [3.63, 3.8) is 0 Å². The Morgan fingerprint density at radius 3 is 2.29 bits per heavy atom. The zero-order valence-electron chi connectivity index (χ0n) is 23.5. The molecule has 1 amide bonds. The van der Waals surface area contributed by atoms with Gasteiger partial charge in [0, 0.05) is 30.6 Å². The van der Waals surface area contributed by atoms with E-state index < -0.39 is 0 Å². The molecule has 0 aliphatic carbocycles. The predicted octanol–water partition coefficient (Wildman–Crippen LogP) is 6.25. The molecule has 3 rings (SSSR count). The zero-order chi connectivity index (χ0) is 27.3. The van der Waals surface area contributed by atoms with Crippen molar-refractivity contribution < 1.29 is 14.3 Å². The van der Waals surface area contributed by atoms with Crippen molar-refractivity contribution in [2.75, 3.05) is 38.7 Å². The quantitative estimate of drug-likeness (QED) is 0.215. The summed E-state index contributed by atoms with van der Waals surface area (Å²) in [6, 6.07) is 11.7. The van der Waals surface area contributed by atoms with Gasteiger partial charge in [0.05, 0.1) is 25.3 Å². The number of unbranched alkanes of at least 4 members (excludes halogenated alkanes) is 2. The Balaban J connectivity index is 1.71.